The smallest absolute Gasteiger partial charge is 0.327 e. The summed E-state index contributed by atoms with van der Waals surface area (Å²) in [6.07, 6.45) is 2.30. The summed E-state index contributed by atoms with van der Waals surface area (Å²) in [5.41, 5.74) is 3.51. The highest BCUT2D eigenvalue weighted by Crippen LogP contribution is 2.16. The molecule has 0 aromatic heterocycles. The molecule has 0 aliphatic carbocycles. The largest absolute Gasteiger partial charge is 0.480 e. The fourth-order valence-electron chi connectivity index (χ4n) is 3.92. The second-order valence-corrected chi connectivity index (χ2v) is 10.7. The van der Waals surface area contributed by atoms with Crippen LogP contribution >= 0.6 is 11.8 Å². The Hall–Kier alpha value is -3.58. The van der Waals surface area contributed by atoms with Gasteiger partial charge in [0.15, 0.2) is 0 Å². The van der Waals surface area contributed by atoms with Crippen LogP contribution in [0.25, 0.3) is 0 Å². The number of benzene rings is 3. The maximum Gasteiger partial charge on any atom is 0.327 e. The van der Waals surface area contributed by atoms with Gasteiger partial charge in [0.25, 0.3) is 5.91 Å². The van der Waals surface area contributed by atoms with Crippen LogP contribution < -0.4 is 5.32 Å². The molecule has 1 atom stereocenters. The van der Waals surface area contributed by atoms with E-state index in [1.165, 1.54) is 11.8 Å². The van der Waals surface area contributed by atoms with Crippen molar-refractivity contribution in [2.24, 2.45) is 5.92 Å². The summed E-state index contributed by atoms with van der Waals surface area (Å²) in [6, 6.07) is 24.9. The van der Waals surface area contributed by atoms with Crippen LogP contribution in [0, 0.1) is 5.92 Å². The lowest BCUT2D eigenvalue weighted by Gasteiger charge is -2.24. The number of carbonyl (C=O) groups excluding carboxylic acids is 2. The predicted octanol–water partition coefficient (Wildman–Crippen LogP) is 6.06. The van der Waals surface area contributed by atoms with Gasteiger partial charge in [0.05, 0.1) is 0 Å². The molecule has 2 N–H and O–H groups in total. The monoisotopic (exact) mass is 532 g/mol. The quantitative estimate of drug-likeness (QED) is 0.280. The highest BCUT2D eigenvalue weighted by atomic mass is 32.2. The van der Waals surface area contributed by atoms with Crippen molar-refractivity contribution >= 4 is 29.7 Å². The molecule has 3 amide bonds. The molecule has 0 radical (unpaired) electrons. The number of nitrogens with one attached hydrogen (secondary N) is 1. The van der Waals surface area contributed by atoms with E-state index < -0.39 is 23.9 Å². The first kappa shape index (κ1) is 29.0. The van der Waals surface area contributed by atoms with Crippen LogP contribution in [0.2, 0.25) is 0 Å². The molecular weight excluding hydrogens is 496 g/mol. The number of nitrogens with zero attached hydrogens (tertiary/aromatic N) is 1. The van der Waals surface area contributed by atoms with Crippen LogP contribution in [-0.4, -0.2) is 46.3 Å². The summed E-state index contributed by atoms with van der Waals surface area (Å²) in [5, 5.41) is 12.4. The number of carboxylic acids is 1. The first-order chi connectivity index (χ1) is 18.3. The summed E-state index contributed by atoms with van der Waals surface area (Å²) in [7, 11) is 0. The number of urea groups is 1. The number of carbonyl (C=O) groups is 3. The maximum absolute atomic E-state index is 13.6. The molecule has 3 aromatic rings. The molecule has 200 valence electrons. The Kier molecular flexibility index (Phi) is 11.4. The number of hydrogen-bond acceptors (Lipinski definition) is 4. The van der Waals surface area contributed by atoms with E-state index >= 15 is 0 Å². The van der Waals surface area contributed by atoms with Gasteiger partial charge in [-0.2, -0.15) is 11.8 Å². The fourth-order valence-corrected chi connectivity index (χ4v) is 4.93. The standard InChI is InChI=1S/C31H36N2O4S/c1-23(2)16-17-25-14-9-15-27(20-25)29(34)33(19-18-24-10-5-3-6-11-24)31(37)32-28(30(35)36)22-38-21-26-12-7-4-8-13-26/h3-15,20,23,28H,16-19,21-22H2,1-2H3,(H,32,37)(H,35,36)/t28-/m0/s1. The molecule has 3 rings (SSSR count). The Bertz CT molecular complexity index is 1180. The number of rotatable bonds is 13. The second kappa shape index (κ2) is 15.0. The first-order valence-corrected chi connectivity index (χ1v) is 14.1. The number of carboxylic acid groups (broad SMARTS) is 1. The molecule has 0 aliphatic heterocycles. The molecule has 0 saturated carbocycles. The van der Waals surface area contributed by atoms with Gasteiger partial charge >= 0.3 is 12.0 Å². The van der Waals surface area contributed by atoms with Crippen molar-refractivity contribution in [3.05, 3.63) is 107 Å². The number of thioether (sulfide) groups is 1. The highest BCUT2D eigenvalue weighted by Gasteiger charge is 2.28. The Balaban J connectivity index is 1.73. The Morgan fingerprint density at radius 3 is 2.11 bits per heavy atom. The molecular formula is C31H36N2O4S. The Morgan fingerprint density at radius 2 is 1.47 bits per heavy atom. The van der Waals surface area contributed by atoms with E-state index in [2.05, 4.69) is 19.2 Å². The zero-order valence-electron chi connectivity index (χ0n) is 22.0. The summed E-state index contributed by atoms with van der Waals surface area (Å²) in [4.78, 5) is 40.0. The minimum absolute atomic E-state index is 0.133. The zero-order chi connectivity index (χ0) is 27.3. The van der Waals surface area contributed by atoms with Crippen molar-refractivity contribution in [2.45, 2.75) is 44.9 Å². The van der Waals surface area contributed by atoms with Crippen LogP contribution in [0.4, 0.5) is 4.79 Å². The average molecular weight is 533 g/mol. The summed E-state index contributed by atoms with van der Waals surface area (Å²) in [5.74, 6) is -0.229. The maximum atomic E-state index is 13.6. The van der Waals surface area contributed by atoms with E-state index in [1.54, 1.807) is 6.07 Å². The minimum Gasteiger partial charge on any atom is -0.480 e. The normalized spacial score (nSPS) is 11.7. The van der Waals surface area contributed by atoms with Gasteiger partial charge in [-0.15, -0.1) is 0 Å². The molecule has 0 saturated heterocycles. The van der Waals surface area contributed by atoms with Crippen molar-refractivity contribution < 1.29 is 19.5 Å². The average Bonchev–Trinajstić information content (AvgIpc) is 2.92. The molecule has 6 nitrogen and oxygen atoms in total. The highest BCUT2D eigenvalue weighted by molar-refractivity contribution is 7.98. The summed E-state index contributed by atoms with van der Waals surface area (Å²) in [6.45, 7) is 4.44. The zero-order valence-corrected chi connectivity index (χ0v) is 22.8. The van der Waals surface area contributed by atoms with Crippen molar-refractivity contribution in [3.63, 3.8) is 0 Å². The van der Waals surface area contributed by atoms with E-state index in [4.69, 9.17) is 0 Å². The van der Waals surface area contributed by atoms with Gasteiger partial charge in [-0.05, 0) is 54.0 Å². The molecule has 0 aliphatic rings. The number of imide groups is 1. The van der Waals surface area contributed by atoms with Crippen molar-refractivity contribution in [3.8, 4) is 0 Å². The van der Waals surface area contributed by atoms with Crippen molar-refractivity contribution in [1.29, 1.82) is 0 Å². The predicted molar refractivity (Wildman–Crippen MR) is 153 cm³/mol. The third kappa shape index (κ3) is 9.38. The van der Waals surface area contributed by atoms with Crippen LogP contribution in [0.3, 0.4) is 0 Å². The SMILES string of the molecule is CC(C)CCc1cccc(C(=O)N(CCc2ccccc2)C(=O)N[C@@H](CSCc2ccccc2)C(=O)O)c1. The molecule has 0 fully saturated rings. The molecule has 0 heterocycles. The van der Waals surface area contributed by atoms with Crippen LogP contribution in [-0.2, 0) is 23.4 Å². The van der Waals surface area contributed by atoms with E-state index in [0.717, 1.165) is 34.4 Å². The number of hydrogen-bond donors (Lipinski definition) is 2. The van der Waals surface area contributed by atoms with Gasteiger partial charge in [-0.1, -0.05) is 86.6 Å². The van der Waals surface area contributed by atoms with E-state index in [9.17, 15) is 19.5 Å². The number of aliphatic carboxylic acids is 1. The van der Waals surface area contributed by atoms with Gasteiger partial charge in [0, 0.05) is 23.6 Å². The van der Waals surface area contributed by atoms with Crippen molar-refractivity contribution in [1.82, 2.24) is 10.2 Å². The van der Waals surface area contributed by atoms with Gasteiger partial charge in [-0.3, -0.25) is 9.69 Å². The van der Waals surface area contributed by atoms with Crippen molar-refractivity contribution in [2.75, 3.05) is 12.3 Å². The van der Waals surface area contributed by atoms with Gasteiger partial charge in [-0.25, -0.2) is 9.59 Å². The van der Waals surface area contributed by atoms with Gasteiger partial charge in [0.1, 0.15) is 6.04 Å². The molecule has 38 heavy (non-hydrogen) atoms. The molecule has 0 unspecified atom stereocenters. The van der Waals surface area contributed by atoms with Crippen LogP contribution in [0.15, 0.2) is 84.9 Å². The number of aryl methyl sites for hydroxylation is 1. The second-order valence-electron chi connectivity index (χ2n) is 9.67. The lowest BCUT2D eigenvalue weighted by Crippen LogP contribution is -2.51. The van der Waals surface area contributed by atoms with E-state index in [-0.39, 0.29) is 12.3 Å². The van der Waals surface area contributed by atoms with Gasteiger partial charge < -0.3 is 10.4 Å². The Labute approximate surface area is 229 Å². The fraction of sp³-hybridized carbons (Fsp3) is 0.323. The minimum atomic E-state index is -1.13. The third-order valence-electron chi connectivity index (χ3n) is 6.13. The first-order valence-electron chi connectivity index (χ1n) is 12.9. The lowest BCUT2D eigenvalue weighted by molar-refractivity contribution is -0.138. The summed E-state index contributed by atoms with van der Waals surface area (Å²) >= 11 is 1.42. The summed E-state index contributed by atoms with van der Waals surface area (Å²) < 4.78 is 0. The topological polar surface area (TPSA) is 86.7 Å². The Morgan fingerprint density at radius 1 is 0.842 bits per heavy atom. The van der Waals surface area contributed by atoms with E-state index in [0.29, 0.717) is 23.7 Å². The van der Waals surface area contributed by atoms with Crippen LogP contribution in [0.1, 0.15) is 47.3 Å². The molecule has 0 spiro atoms. The third-order valence-corrected chi connectivity index (χ3v) is 7.24. The molecule has 3 aromatic carbocycles. The van der Waals surface area contributed by atoms with Crippen LogP contribution in [0.5, 0.6) is 0 Å². The molecule has 0 bridgehead atoms. The molecule has 7 heteroatoms. The number of amides is 3. The van der Waals surface area contributed by atoms with E-state index in [1.807, 2.05) is 78.9 Å². The lowest BCUT2D eigenvalue weighted by atomic mass is 10.0. The van der Waals surface area contributed by atoms with Gasteiger partial charge in [0.2, 0.25) is 0 Å².